The van der Waals surface area contributed by atoms with Crippen molar-refractivity contribution in [1.29, 1.82) is 0 Å². The lowest BCUT2D eigenvalue weighted by Crippen LogP contribution is -2.35. The number of nitrogens with two attached hydrogens (primary N) is 1. The second-order valence-corrected chi connectivity index (χ2v) is 4.99. The lowest BCUT2D eigenvalue weighted by atomic mass is 10.1. The van der Waals surface area contributed by atoms with Gasteiger partial charge in [0.25, 0.3) is 5.91 Å². The molecule has 0 fully saturated rings. The van der Waals surface area contributed by atoms with Crippen LogP contribution in [-0.4, -0.2) is 43.6 Å². The minimum Gasteiger partial charge on any atom is -0.493 e. The lowest BCUT2D eigenvalue weighted by Gasteiger charge is -2.18. The molecule has 118 valence electrons. The number of amides is 1. The van der Waals surface area contributed by atoms with Gasteiger partial charge in [-0.25, -0.2) is 0 Å². The van der Waals surface area contributed by atoms with Crippen LogP contribution >= 0.6 is 11.6 Å². The SMILES string of the molecule is CCOc1cc(N)c(Cl)cc1C(=O)NCCN(CC)CC. The summed E-state index contributed by atoms with van der Waals surface area (Å²) in [6.07, 6.45) is 0. The van der Waals surface area contributed by atoms with E-state index >= 15 is 0 Å². The highest BCUT2D eigenvalue weighted by atomic mass is 35.5. The van der Waals surface area contributed by atoms with E-state index in [1.807, 2.05) is 6.92 Å². The van der Waals surface area contributed by atoms with E-state index in [1.54, 1.807) is 12.1 Å². The van der Waals surface area contributed by atoms with Crippen molar-refractivity contribution in [2.45, 2.75) is 20.8 Å². The van der Waals surface area contributed by atoms with Crippen LogP contribution in [-0.2, 0) is 0 Å². The standard InChI is InChI=1S/C15H24ClN3O2/c1-4-19(5-2)8-7-18-15(20)11-9-12(16)13(17)10-14(11)21-6-3/h9-10H,4-8,17H2,1-3H3,(H,18,20). The van der Waals surface area contributed by atoms with Gasteiger partial charge in [-0.15, -0.1) is 0 Å². The molecule has 0 saturated heterocycles. The summed E-state index contributed by atoms with van der Waals surface area (Å²) in [7, 11) is 0. The fourth-order valence-corrected chi connectivity index (χ4v) is 2.15. The Kier molecular flexibility index (Phi) is 7.32. The normalized spacial score (nSPS) is 10.7. The van der Waals surface area contributed by atoms with E-state index in [9.17, 15) is 4.79 Å². The molecule has 0 saturated carbocycles. The Morgan fingerprint density at radius 1 is 1.33 bits per heavy atom. The molecule has 0 unspecified atom stereocenters. The van der Waals surface area contributed by atoms with Gasteiger partial charge in [0.05, 0.1) is 22.9 Å². The lowest BCUT2D eigenvalue weighted by molar-refractivity contribution is 0.0945. The number of anilines is 1. The molecular formula is C15H24ClN3O2. The monoisotopic (exact) mass is 313 g/mol. The van der Waals surface area contributed by atoms with Gasteiger partial charge in [0, 0.05) is 19.2 Å². The van der Waals surface area contributed by atoms with Crippen LogP contribution in [0, 0.1) is 0 Å². The first-order valence-corrected chi connectivity index (χ1v) is 7.63. The van der Waals surface area contributed by atoms with Gasteiger partial charge in [-0.1, -0.05) is 25.4 Å². The number of hydrogen-bond acceptors (Lipinski definition) is 4. The van der Waals surface area contributed by atoms with Crippen molar-refractivity contribution in [2.24, 2.45) is 0 Å². The number of carbonyl (C=O) groups is 1. The summed E-state index contributed by atoms with van der Waals surface area (Å²) < 4.78 is 5.45. The first-order chi connectivity index (χ1) is 10.0. The fraction of sp³-hybridized carbons (Fsp3) is 0.533. The van der Waals surface area contributed by atoms with Crippen molar-refractivity contribution in [2.75, 3.05) is 38.5 Å². The number of rotatable bonds is 8. The zero-order chi connectivity index (χ0) is 15.8. The summed E-state index contributed by atoms with van der Waals surface area (Å²) in [6.45, 7) is 9.82. The molecule has 3 N–H and O–H groups in total. The molecule has 21 heavy (non-hydrogen) atoms. The van der Waals surface area contributed by atoms with Gasteiger partial charge in [-0.05, 0) is 26.1 Å². The molecule has 0 atom stereocenters. The molecule has 1 rings (SSSR count). The summed E-state index contributed by atoms with van der Waals surface area (Å²) in [6, 6.07) is 3.14. The zero-order valence-corrected chi connectivity index (χ0v) is 13.7. The molecule has 0 radical (unpaired) electrons. The topological polar surface area (TPSA) is 67.6 Å². The quantitative estimate of drug-likeness (QED) is 0.723. The number of carbonyl (C=O) groups excluding carboxylic acids is 1. The first-order valence-electron chi connectivity index (χ1n) is 7.25. The highest BCUT2D eigenvalue weighted by molar-refractivity contribution is 6.33. The smallest absolute Gasteiger partial charge is 0.255 e. The van der Waals surface area contributed by atoms with E-state index in [4.69, 9.17) is 22.1 Å². The Bertz CT molecular complexity index is 476. The average molecular weight is 314 g/mol. The molecule has 0 heterocycles. The molecule has 1 amide bonds. The summed E-state index contributed by atoms with van der Waals surface area (Å²) in [5.74, 6) is 0.257. The molecule has 6 heteroatoms. The van der Waals surface area contributed by atoms with E-state index in [-0.39, 0.29) is 5.91 Å². The van der Waals surface area contributed by atoms with Crippen LogP contribution in [0.5, 0.6) is 5.75 Å². The van der Waals surface area contributed by atoms with E-state index in [0.717, 1.165) is 19.6 Å². The maximum atomic E-state index is 12.3. The largest absolute Gasteiger partial charge is 0.493 e. The van der Waals surface area contributed by atoms with Crippen molar-refractivity contribution >= 4 is 23.2 Å². The van der Waals surface area contributed by atoms with Gasteiger partial charge in [-0.3, -0.25) is 4.79 Å². The number of nitrogen functional groups attached to an aromatic ring is 1. The van der Waals surface area contributed by atoms with Crippen LogP contribution in [0.1, 0.15) is 31.1 Å². The molecule has 5 nitrogen and oxygen atoms in total. The third-order valence-corrected chi connectivity index (χ3v) is 3.58. The summed E-state index contributed by atoms with van der Waals surface area (Å²) in [5, 5.41) is 3.24. The number of benzene rings is 1. The highest BCUT2D eigenvalue weighted by Crippen LogP contribution is 2.29. The predicted molar refractivity (Wildman–Crippen MR) is 87.2 cm³/mol. The molecule has 0 bridgehead atoms. The van der Waals surface area contributed by atoms with Gasteiger partial charge in [-0.2, -0.15) is 0 Å². The van der Waals surface area contributed by atoms with Crippen molar-refractivity contribution in [3.63, 3.8) is 0 Å². The van der Waals surface area contributed by atoms with Crippen LogP contribution in [0.15, 0.2) is 12.1 Å². The number of nitrogens with zero attached hydrogens (tertiary/aromatic N) is 1. The van der Waals surface area contributed by atoms with Gasteiger partial charge >= 0.3 is 0 Å². The molecule has 0 aliphatic rings. The van der Waals surface area contributed by atoms with E-state index in [1.165, 1.54) is 0 Å². The van der Waals surface area contributed by atoms with Gasteiger partial charge in [0.1, 0.15) is 5.75 Å². The van der Waals surface area contributed by atoms with Crippen LogP contribution < -0.4 is 15.8 Å². The summed E-state index contributed by atoms with van der Waals surface area (Å²) in [5.41, 5.74) is 6.56. The Morgan fingerprint density at radius 2 is 2.00 bits per heavy atom. The zero-order valence-electron chi connectivity index (χ0n) is 12.9. The van der Waals surface area contributed by atoms with Gasteiger partial charge in [0.2, 0.25) is 0 Å². The average Bonchev–Trinajstić information content (AvgIpc) is 2.47. The Morgan fingerprint density at radius 3 is 2.57 bits per heavy atom. The Balaban J connectivity index is 2.74. The third-order valence-electron chi connectivity index (χ3n) is 3.25. The Labute approximate surface area is 131 Å². The van der Waals surface area contributed by atoms with Crippen LogP contribution in [0.2, 0.25) is 5.02 Å². The summed E-state index contributed by atoms with van der Waals surface area (Å²) in [4.78, 5) is 14.5. The van der Waals surface area contributed by atoms with Crippen LogP contribution in [0.25, 0.3) is 0 Å². The van der Waals surface area contributed by atoms with Crippen LogP contribution in [0.3, 0.4) is 0 Å². The molecular weight excluding hydrogens is 290 g/mol. The second kappa shape index (κ2) is 8.74. The molecule has 1 aromatic rings. The third kappa shape index (κ3) is 5.10. The number of nitrogens with one attached hydrogen (secondary N) is 1. The minimum atomic E-state index is -0.201. The van der Waals surface area contributed by atoms with Crippen molar-refractivity contribution in [3.8, 4) is 5.75 Å². The van der Waals surface area contributed by atoms with Gasteiger partial charge in [0.15, 0.2) is 0 Å². The first kappa shape index (κ1) is 17.6. The predicted octanol–water partition coefficient (Wildman–Crippen LogP) is 2.39. The molecule has 0 aromatic heterocycles. The van der Waals surface area contributed by atoms with Crippen molar-refractivity contribution in [3.05, 3.63) is 22.7 Å². The molecule has 0 spiro atoms. The Hall–Kier alpha value is -1.46. The fourth-order valence-electron chi connectivity index (χ4n) is 1.98. The molecule has 0 aliphatic carbocycles. The van der Waals surface area contributed by atoms with E-state index in [2.05, 4.69) is 24.1 Å². The van der Waals surface area contributed by atoms with Gasteiger partial charge < -0.3 is 20.7 Å². The second-order valence-electron chi connectivity index (χ2n) is 4.59. The number of halogens is 1. The number of ether oxygens (including phenoxy) is 1. The van der Waals surface area contributed by atoms with Crippen LogP contribution in [0.4, 0.5) is 5.69 Å². The number of likely N-dealkylation sites (N-methyl/N-ethyl adjacent to an activating group) is 1. The van der Waals surface area contributed by atoms with Crippen molar-refractivity contribution < 1.29 is 9.53 Å². The highest BCUT2D eigenvalue weighted by Gasteiger charge is 2.15. The molecule has 1 aromatic carbocycles. The number of hydrogen-bond donors (Lipinski definition) is 2. The maximum Gasteiger partial charge on any atom is 0.255 e. The minimum absolute atomic E-state index is 0.201. The van der Waals surface area contributed by atoms with E-state index < -0.39 is 0 Å². The summed E-state index contributed by atoms with van der Waals surface area (Å²) >= 11 is 5.99. The van der Waals surface area contributed by atoms with Crippen molar-refractivity contribution in [1.82, 2.24) is 10.2 Å². The van der Waals surface area contributed by atoms with E-state index in [0.29, 0.717) is 35.2 Å². The molecule has 0 aliphatic heterocycles. The maximum absolute atomic E-state index is 12.3.